The number of thioether (sulfide) groups is 1. The first-order chi connectivity index (χ1) is 9.06. The molecular weight excluding hydrogens is 286 g/mol. The zero-order chi connectivity index (χ0) is 13.8. The number of nitrogens with zero attached hydrogens (tertiary/aromatic N) is 3. The van der Waals surface area contributed by atoms with Gasteiger partial charge in [-0.2, -0.15) is 0 Å². The second kappa shape index (κ2) is 5.99. The van der Waals surface area contributed by atoms with E-state index in [0.29, 0.717) is 21.5 Å². The molecule has 0 radical (unpaired) electrons. The first kappa shape index (κ1) is 13.8. The quantitative estimate of drug-likeness (QED) is 0.373. The fourth-order valence-corrected chi connectivity index (χ4v) is 2.42. The lowest BCUT2D eigenvalue weighted by molar-refractivity contribution is -0.384. The van der Waals surface area contributed by atoms with Crippen molar-refractivity contribution in [2.24, 2.45) is 0 Å². The van der Waals surface area contributed by atoms with E-state index in [1.54, 1.807) is 12.4 Å². The molecule has 0 spiro atoms. The minimum atomic E-state index is -0.438. The summed E-state index contributed by atoms with van der Waals surface area (Å²) >= 11 is 7.40. The highest BCUT2D eigenvalue weighted by Gasteiger charge is 2.10. The van der Waals surface area contributed by atoms with E-state index < -0.39 is 4.92 Å². The Labute approximate surface area is 119 Å². The van der Waals surface area contributed by atoms with Gasteiger partial charge in [-0.25, -0.2) is 9.97 Å². The van der Waals surface area contributed by atoms with Gasteiger partial charge in [0.1, 0.15) is 0 Å². The highest BCUT2D eigenvalue weighted by atomic mass is 35.5. The standard InChI is InChI=1S/C12H10ClN3O2S/c1-8-5-14-12(15-6-8)19-7-9-4-10(16(17)18)2-3-11(9)13/h2-6H,7H2,1H3. The lowest BCUT2D eigenvalue weighted by Gasteiger charge is -2.03. The van der Waals surface area contributed by atoms with E-state index in [1.165, 1.54) is 30.0 Å². The molecule has 1 aromatic carbocycles. The molecule has 0 aliphatic carbocycles. The number of non-ortho nitro benzene ring substituents is 1. The summed E-state index contributed by atoms with van der Waals surface area (Å²) in [5, 5.41) is 11.8. The maximum Gasteiger partial charge on any atom is 0.269 e. The summed E-state index contributed by atoms with van der Waals surface area (Å²) in [6, 6.07) is 4.40. The van der Waals surface area contributed by atoms with Crippen molar-refractivity contribution in [3.8, 4) is 0 Å². The molecule has 2 rings (SSSR count). The van der Waals surface area contributed by atoms with Gasteiger partial charge in [0.05, 0.1) is 4.92 Å². The van der Waals surface area contributed by atoms with E-state index in [9.17, 15) is 10.1 Å². The van der Waals surface area contributed by atoms with Gasteiger partial charge in [-0.15, -0.1) is 0 Å². The molecule has 0 amide bonds. The molecule has 0 fully saturated rings. The molecule has 0 bridgehead atoms. The largest absolute Gasteiger partial charge is 0.269 e. The topological polar surface area (TPSA) is 68.9 Å². The lowest BCUT2D eigenvalue weighted by atomic mass is 10.2. The Morgan fingerprint density at radius 1 is 1.37 bits per heavy atom. The van der Waals surface area contributed by atoms with Crippen LogP contribution in [-0.2, 0) is 5.75 Å². The summed E-state index contributed by atoms with van der Waals surface area (Å²) < 4.78 is 0. The highest BCUT2D eigenvalue weighted by molar-refractivity contribution is 7.98. The van der Waals surface area contributed by atoms with Crippen molar-refractivity contribution in [2.45, 2.75) is 17.8 Å². The van der Waals surface area contributed by atoms with Crippen LogP contribution >= 0.6 is 23.4 Å². The molecule has 1 aromatic heterocycles. The minimum absolute atomic E-state index is 0.0322. The molecule has 0 saturated carbocycles. The SMILES string of the molecule is Cc1cnc(SCc2cc([N+](=O)[O-])ccc2Cl)nc1. The fraction of sp³-hybridized carbons (Fsp3) is 0.167. The number of hydrogen-bond donors (Lipinski definition) is 0. The molecule has 5 nitrogen and oxygen atoms in total. The molecule has 0 atom stereocenters. The normalized spacial score (nSPS) is 10.4. The summed E-state index contributed by atoms with van der Waals surface area (Å²) in [4.78, 5) is 18.6. The number of benzene rings is 1. The second-order valence-electron chi connectivity index (χ2n) is 3.86. The van der Waals surface area contributed by atoms with Gasteiger partial charge in [0.25, 0.3) is 5.69 Å². The molecule has 98 valence electrons. The van der Waals surface area contributed by atoms with Crippen LogP contribution in [-0.4, -0.2) is 14.9 Å². The third-order valence-corrected chi connectivity index (χ3v) is 3.65. The Kier molecular flexibility index (Phi) is 4.34. The van der Waals surface area contributed by atoms with Crippen LogP contribution in [0.1, 0.15) is 11.1 Å². The Morgan fingerprint density at radius 3 is 2.68 bits per heavy atom. The number of halogens is 1. The van der Waals surface area contributed by atoms with Crippen molar-refractivity contribution < 1.29 is 4.92 Å². The van der Waals surface area contributed by atoms with Gasteiger partial charge in [-0.1, -0.05) is 23.4 Å². The lowest BCUT2D eigenvalue weighted by Crippen LogP contribution is -1.92. The number of rotatable bonds is 4. The monoisotopic (exact) mass is 295 g/mol. The number of aryl methyl sites for hydroxylation is 1. The van der Waals surface area contributed by atoms with E-state index in [0.717, 1.165) is 5.56 Å². The number of nitro benzene ring substituents is 1. The van der Waals surface area contributed by atoms with E-state index >= 15 is 0 Å². The van der Waals surface area contributed by atoms with E-state index in [4.69, 9.17) is 11.6 Å². The summed E-state index contributed by atoms with van der Waals surface area (Å²) in [7, 11) is 0. The van der Waals surface area contributed by atoms with E-state index in [2.05, 4.69) is 9.97 Å². The average Bonchev–Trinajstić information content (AvgIpc) is 2.39. The van der Waals surface area contributed by atoms with Crippen molar-refractivity contribution in [3.63, 3.8) is 0 Å². The Bertz CT molecular complexity index is 604. The number of nitro groups is 1. The zero-order valence-electron chi connectivity index (χ0n) is 10.0. The molecular formula is C12H10ClN3O2S. The predicted molar refractivity (Wildman–Crippen MR) is 74.4 cm³/mol. The number of aromatic nitrogens is 2. The van der Waals surface area contributed by atoms with Crippen LogP contribution in [0.3, 0.4) is 0 Å². The van der Waals surface area contributed by atoms with Crippen LogP contribution in [0.25, 0.3) is 0 Å². The molecule has 0 aliphatic heterocycles. The highest BCUT2D eigenvalue weighted by Crippen LogP contribution is 2.27. The van der Waals surface area contributed by atoms with Gasteiger partial charge in [0.2, 0.25) is 0 Å². The second-order valence-corrected chi connectivity index (χ2v) is 5.21. The van der Waals surface area contributed by atoms with Crippen LogP contribution in [0.5, 0.6) is 0 Å². The van der Waals surface area contributed by atoms with Gasteiger partial charge in [-0.3, -0.25) is 10.1 Å². The average molecular weight is 296 g/mol. The van der Waals surface area contributed by atoms with Crippen LogP contribution < -0.4 is 0 Å². The Morgan fingerprint density at radius 2 is 2.05 bits per heavy atom. The third-order valence-electron chi connectivity index (χ3n) is 2.35. The van der Waals surface area contributed by atoms with Crippen molar-refractivity contribution in [3.05, 3.63) is 56.9 Å². The van der Waals surface area contributed by atoms with Crippen LogP contribution in [0.2, 0.25) is 5.02 Å². The molecule has 7 heteroatoms. The summed E-state index contributed by atoms with van der Waals surface area (Å²) in [6.45, 7) is 1.91. The van der Waals surface area contributed by atoms with Crippen LogP contribution in [0.15, 0.2) is 35.7 Å². The first-order valence-electron chi connectivity index (χ1n) is 5.40. The summed E-state index contributed by atoms with van der Waals surface area (Å²) in [6.07, 6.45) is 3.45. The molecule has 0 saturated heterocycles. The van der Waals surface area contributed by atoms with Crippen molar-refractivity contribution in [2.75, 3.05) is 0 Å². The third kappa shape index (κ3) is 3.65. The molecule has 0 aliphatic rings. The van der Waals surface area contributed by atoms with Gasteiger partial charge in [0, 0.05) is 35.3 Å². The van der Waals surface area contributed by atoms with Gasteiger partial charge < -0.3 is 0 Å². The molecule has 0 unspecified atom stereocenters. The van der Waals surface area contributed by atoms with Crippen LogP contribution in [0.4, 0.5) is 5.69 Å². The summed E-state index contributed by atoms with van der Waals surface area (Å²) in [5.74, 6) is 0.490. The van der Waals surface area contributed by atoms with E-state index in [1.807, 2.05) is 6.92 Å². The fourth-order valence-electron chi connectivity index (χ4n) is 1.38. The van der Waals surface area contributed by atoms with Crippen LogP contribution in [0, 0.1) is 17.0 Å². The van der Waals surface area contributed by atoms with Crippen molar-refractivity contribution >= 4 is 29.1 Å². The minimum Gasteiger partial charge on any atom is -0.258 e. The molecule has 0 N–H and O–H groups in total. The van der Waals surface area contributed by atoms with Gasteiger partial charge in [-0.05, 0) is 24.1 Å². The zero-order valence-corrected chi connectivity index (χ0v) is 11.6. The number of hydrogen-bond acceptors (Lipinski definition) is 5. The first-order valence-corrected chi connectivity index (χ1v) is 6.77. The summed E-state index contributed by atoms with van der Waals surface area (Å²) in [5.41, 5.74) is 1.72. The van der Waals surface area contributed by atoms with Crippen molar-refractivity contribution in [1.29, 1.82) is 0 Å². The van der Waals surface area contributed by atoms with Crippen molar-refractivity contribution in [1.82, 2.24) is 9.97 Å². The van der Waals surface area contributed by atoms with Gasteiger partial charge >= 0.3 is 0 Å². The predicted octanol–water partition coefficient (Wildman–Crippen LogP) is 3.64. The Balaban J connectivity index is 2.12. The Hall–Kier alpha value is -1.66. The van der Waals surface area contributed by atoms with Gasteiger partial charge in [0.15, 0.2) is 5.16 Å². The van der Waals surface area contributed by atoms with E-state index in [-0.39, 0.29) is 5.69 Å². The maximum atomic E-state index is 10.7. The maximum absolute atomic E-state index is 10.7. The molecule has 2 aromatic rings. The molecule has 1 heterocycles. The smallest absolute Gasteiger partial charge is 0.258 e. The molecule has 19 heavy (non-hydrogen) atoms.